The second-order valence-electron chi connectivity index (χ2n) is 4.92. The van der Waals surface area contributed by atoms with Gasteiger partial charge in [0.1, 0.15) is 5.75 Å². The lowest BCUT2D eigenvalue weighted by Crippen LogP contribution is -2.55. The van der Waals surface area contributed by atoms with Gasteiger partial charge < -0.3 is 15.0 Å². The summed E-state index contributed by atoms with van der Waals surface area (Å²) in [7, 11) is 0. The van der Waals surface area contributed by atoms with Crippen LogP contribution in [0, 0.1) is 11.6 Å². The van der Waals surface area contributed by atoms with Gasteiger partial charge in [-0.25, -0.2) is 8.78 Å². The van der Waals surface area contributed by atoms with Crippen LogP contribution in [0.3, 0.4) is 0 Å². The summed E-state index contributed by atoms with van der Waals surface area (Å²) >= 11 is 0. The van der Waals surface area contributed by atoms with E-state index in [-0.39, 0.29) is 17.7 Å². The van der Waals surface area contributed by atoms with E-state index in [1.165, 1.54) is 6.07 Å². The number of rotatable bonds is 3. The minimum Gasteiger partial charge on any atom is -0.481 e. The van der Waals surface area contributed by atoms with Gasteiger partial charge in [-0.2, -0.15) is 0 Å². The lowest BCUT2D eigenvalue weighted by Gasteiger charge is -2.35. The molecule has 1 N–H and O–H groups in total. The van der Waals surface area contributed by atoms with E-state index in [0.29, 0.717) is 6.54 Å². The largest absolute Gasteiger partial charge is 0.481 e. The van der Waals surface area contributed by atoms with Gasteiger partial charge in [-0.3, -0.25) is 4.79 Å². The molecule has 1 unspecified atom stereocenters. The molecule has 0 aliphatic carbocycles. The molecule has 0 bridgehead atoms. The number of hydrogen-bond acceptors (Lipinski definition) is 3. The first-order valence-corrected chi connectivity index (χ1v) is 6.62. The Morgan fingerprint density at radius 3 is 2.85 bits per heavy atom. The molecular weight excluding hydrogens is 266 g/mol. The Balaban J connectivity index is 2.01. The summed E-state index contributed by atoms with van der Waals surface area (Å²) in [5, 5.41) is 3.20. The molecule has 1 aliphatic heterocycles. The predicted molar refractivity (Wildman–Crippen MR) is 70.5 cm³/mol. The summed E-state index contributed by atoms with van der Waals surface area (Å²) in [5.41, 5.74) is 0. The number of piperazine rings is 1. The molecule has 6 heteroatoms. The van der Waals surface area contributed by atoms with Gasteiger partial charge in [-0.05, 0) is 26.0 Å². The van der Waals surface area contributed by atoms with Crippen molar-refractivity contribution in [1.82, 2.24) is 10.2 Å². The highest BCUT2D eigenvalue weighted by atomic mass is 19.2. The number of nitrogens with zero attached hydrogens (tertiary/aromatic N) is 1. The first kappa shape index (κ1) is 14.7. The lowest BCUT2D eigenvalue weighted by molar-refractivity contribution is -0.140. The van der Waals surface area contributed by atoms with Crippen LogP contribution in [0.2, 0.25) is 0 Å². The van der Waals surface area contributed by atoms with Crippen molar-refractivity contribution in [1.29, 1.82) is 0 Å². The number of nitrogens with one attached hydrogen (secondary N) is 1. The second-order valence-corrected chi connectivity index (χ2v) is 4.92. The number of ether oxygens (including phenoxy) is 1. The molecule has 1 aliphatic rings. The SMILES string of the molecule is CC(Oc1ccc(F)c(F)c1)C(=O)N1CCNC[C@H]1C. The third-order valence-electron chi connectivity index (χ3n) is 3.34. The third kappa shape index (κ3) is 3.25. The molecule has 2 rings (SSSR count). The first-order chi connectivity index (χ1) is 9.49. The van der Waals surface area contributed by atoms with Gasteiger partial charge in [0.15, 0.2) is 17.7 Å². The molecule has 1 saturated heterocycles. The average Bonchev–Trinajstić information content (AvgIpc) is 2.42. The molecule has 1 heterocycles. The molecule has 0 aromatic heterocycles. The maximum absolute atomic E-state index is 13.1. The fourth-order valence-electron chi connectivity index (χ4n) is 2.21. The maximum Gasteiger partial charge on any atom is 0.263 e. The Morgan fingerprint density at radius 1 is 1.45 bits per heavy atom. The highest BCUT2D eigenvalue weighted by Crippen LogP contribution is 2.18. The summed E-state index contributed by atoms with van der Waals surface area (Å²) in [6.45, 7) is 5.66. The van der Waals surface area contributed by atoms with Gasteiger partial charge in [0.05, 0.1) is 0 Å². The average molecular weight is 284 g/mol. The minimum absolute atomic E-state index is 0.0900. The van der Waals surface area contributed by atoms with Crippen LogP contribution in [0.1, 0.15) is 13.8 Å². The van der Waals surface area contributed by atoms with E-state index < -0.39 is 17.7 Å². The number of carbonyl (C=O) groups excluding carboxylic acids is 1. The summed E-state index contributed by atoms with van der Waals surface area (Å²) in [6, 6.07) is 3.33. The van der Waals surface area contributed by atoms with Crippen molar-refractivity contribution < 1.29 is 18.3 Å². The van der Waals surface area contributed by atoms with E-state index in [0.717, 1.165) is 25.2 Å². The van der Waals surface area contributed by atoms with Gasteiger partial charge in [-0.15, -0.1) is 0 Å². The quantitative estimate of drug-likeness (QED) is 0.915. The summed E-state index contributed by atoms with van der Waals surface area (Å²) < 4.78 is 31.3. The van der Waals surface area contributed by atoms with Crippen LogP contribution in [0.5, 0.6) is 5.75 Å². The fourth-order valence-corrected chi connectivity index (χ4v) is 2.21. The van der Waals surface area contributed by atoms with E-state index in [4.69, 9.17) is 4.74 Å². The van der Waals surface area contributed by atoms with Crippen molar-refractivity contribution in [3.05, 3.63) is 29.8 Å². The molecule has 1 aromatic carbocycles. The summed E-state index contributed by atoms with van der Waals surface area (Å²) in [4.78, 5) is 14.0. The van der Waals surface area contributed by atoms with Gasteiger partial charge in [0, 0.05) is 31.7 Å². The standard InChI is InChI=1S/C14H18F2N2O2/c1-9-8-17-5-6-18(9)14(19)10(2)20-11-3-4-12(15)13(16)7-11/h3-4,7,9-10,17H,5-6,8H2,1-2H3/t9-,10?/m1/s1. The van der Waals surface area contributed by atoms with E-state index in [1.54, 1.807) is 11.8 Å². The van der Waals surface area contributed by atoms with E-state index >= 15 is 0 Å². The molecular formula is C14H18F2N2O2. The minimum atomic E-state index is -0.988. The monoisotopic (exact) mass is 284 g/mol. The van der Waals surface area contributed by atoms with Crippen molar-refractivity contribution >= 4 is 5.91 Å². The topological polar surface area (TPSA) is 41.6 Å². The Morgan fingerprint density at radius 2 is 2.20 bits per heavy atom. The lowest BCUT2D eigenvalue weighted by atomic mass is 10.2. The van der Waals surface area contributed by atoms with Crippen LogP contribution in [0.15, 0.2) is 18.2 Å². The van der Waals surface area contributed by atoms with Crippen molar-refractivity contribution in [2.75, 3.05) is 19.6 Å². The fraction of sp³-hybridized carbons (Fsp3) is 0.500. The van der Waals surface area contributed by atoms with E-state index in [1.807, 2.05) is 6.92 Å². The molecule has 0 spiro atoms. The molecule has 110 valence electrons. The predicted octanol–water partition coefficient (Wildman–Crippen LogP) is 1.55. The normalized spacial score (nSPS) is 20.6. The van der Waals surface area contributed by atoms with Crippen LogP contribution in [-0.2, 0) is 4.79 Å². The zero-order chi connectivity index (χ0) is 14.7. The van der Waals surface area contributed by atoms with Crippen LogP contribution in [-0.4, -0.2) is 42.6 Å². The van der Waals surface area contributed by atoms with Gasteiger partial charge in [0.2, 0.25) is 0 Å². The Kier molecular flexibility index (Phi) is 4.54. The Labute approximate surface area is 116 Å². The zero-order valence-electron chi connectivity index (χ0n) is 11.5. The number of carbonyl (C=O) groups is 1. The Hall–Kier alpha value is -1.69. The van der Waals surface area contributed by atoms with Gasteiger partial charge >= 0.3 is 0 Å². The molecule has 1 amide bonds. The summed E-state index contributed by atoms with van der Waals surface area (Å²) in [5.74, 6) is -1.93. The molecule has 0 saturated carbocycles. The number of halogens is 2. The first-order valence-electron chi connectivity index (χ1n) is 6.62. The number of benzene rings is 1. The zero-order valence-corrected chi connectivity index (χ0v) is 11.5. The Bertz CT molecular complexity index is 496. The van der Waals surface area contributed by atoms with Crippen LogP contribution >= 0.6 is 0 Å². The highest BCUT2D eigenvalue weighted by Gasteiger charge is 2.28. The molecule has 20 heavy (non-hydrogen) atoms. The van der Waals surface area contributed by atoms with Crippen molar-refractivity contribution in [3.63, 3.8) is 0 Å². The molecule has 4 nitrogen and oxygen atoms in total. The second kappa shape index (κ2) is 6.17. The van der Waals surface area contributed by atoms with E-state index in [9.17, 15) is 13.6 Å². The molecule has 2 atom stereocenters. The maximum atomic E-state index is 13.1. The smallest absolute Gasteiger partial charge is 0.263 e. The molecule has 0 radical (unpaired) electrons. The van der Waals surface area contributed by atoms with Crippen LogP contribution < -0.4 is 10.1 Å². The van der Waals surface area contributed by atoms with E-state index in [2.05, 4.69) is 5.32 Å². The molecule has 1 aromatic rings. The van der Waals surface area contributed by atoms with Gasteiger partial charge in [-0.1, -0.05) is 0 Å². The number of hydrogen-bond donors (Lipinski definition) is 1. The van der Waals surface area contributed by atoms with Crippen LogP contribution in [0.4, 0.5) is 8.78 Å². The van der Waals surface area contributed by atoms with Crippen LogP contribution in [0.25, 0.3) is 0 Å². The number of amides is 1. The molecule has 1 fully saturated rings. The van der Waals surface area contributed by atoms with Crippen molar-refractivity contribution in [3.8, 4) is 5.75 Å². The van der Waals surface area contributed by atoms with Crippen molar-refractivity contribution in [2.45, 2.75) is 26.0 Å². The van der Waals surface area contributed by atoms with Gasteiger partial charge in [0.25, 0.3) is 5.91 Å². The van der Waals surface area contributed by atoms with Crippen molar-refractivity contribution in [2.24, 2.45) is 0 Å². The highest BCUT2D eigenvalue weighted by molar-refractivity contribution is 5.81. The third-order valence-corrected chi connectivity index (χ3v) is 3.34. The summed E-state index contributed by atoms with van der Waals surface area (Å²) in [6.07, 6.45) is -0.736.